The predicted octanol–water partition coefficient (Wildman–Crippen LogP) is 0.914. The van der Waals surface area contributed by atoms with Crippen molar-refractivity contribution in [3.8, 4) is 0 Å². The normalized spacial score (nSPS) is 52.6. The van der Waals surface area contributed by atoms with Crippen LogP contribution >= 0.6 is 0 Å². The van der Waals surface area contributed by atoms with E-state index in [2.05, 4.69) is 0 Å². The highest BCUT2D eigenvalue weighted by Gasteiger charge is 2.59. The monoisotopic (exact) mass is 272 g/mol. The molecule has 0 heterocycles. The number of fused-ring (bicyclic) bond motifs is 1. The van der Waals surface area contributed by atoms with Gasteiger partial charge >= 0.3 is 0 Å². The molecule has 1 unspecified atom stereocenters. The molecule has 4 heteroatoms. The molecular weight excluding hydrogens is 244 g/mol. The molecule has 0 bridgehead atoms. The first kappa shape index (κ1) is 15.2. The van der Waals surface area contributed by atoms with Gasteiger partial charge in [0.15, 0.2) is 0 Å². The van der Waals surface area contributed by atoms with E-state index in [4.69, 9.17) is 0 Å². The predicted molar refractivity (Wildman–Crippen MR) is 72.4 cm³/mol. The third-order valence-corrected chi connectivity index (χ3v) is 5.88. The van der Waals surface area contributed by atoms with Crippen LogP contribution in [0, 0.1) is 23.2 Å². The van der Waals surface area contributed by atoms with E-state index in [9.17, 15) is 20.4 Å². The zero-order valence-electron chi connectivity index (χ0n) is 12.2. The van der Waals surface area contributed by atoms with Crippen molar-refractivity contribution in [2.24, 2.45) is 23.2 Å². The first-order valence-electron chi connectivity index (χ1n) is 7.43. The standard InChI is InChI=1S/C15H28O4/c1-9(8-16)10-4-6-14(2)11(17)5-7-15(3,19)13(14)12(10)18/h9-13,16-19H,4-8H2,1-3H3/t9-,10+,11-,12-,13?,14+,15-/m1/s1. The maximum Gasteiger partial charge on any atom is 0.0679 e. The fourth-order valence-corrected chi connectivity index (χ4v) is 4.56. The lowest BCUT2D eigenvalue weighted by molar-refractivity contribution is -0.221. The van der Waals surface area contributed by atoms with Gasteiger partial charge in [-0.3, -0.25) is 0 Å². The molecule has 0 aromatic heterocycles. The van der Waals surface area contributed by atoms with Crippen LogP contribution in [0.1, 0.15) is 46.5 Å². The molecule has 2 saturated carbocycles. The van der Waals surface area contributed by atoms with E-state index < -0.39 is 23.2 Å². The summed E-state index contributed by atoms with van der Waals surface area (Å²) in [6.45, 7) is 5.75. The van der Waals surface area contributed by atoms with Crippen LogP contribution in [0.5, 0.6) is 0 Å². The molecule has 0 spiro atoms. The fourth-order valence-electron chi connectivity index (χ4n) is 4.56. The van der Waals surface area contributed by atoms with Crippen molar-refractivity contribution in [3.05, 3.63) is 0 Å². The number of aliphatic hydroxyl groups is 4. The zero-order valence-corrected chi connectivity index (χ0v) is 12.2. The van der Waals surface area contributed by atoms with Crippen LogP contribution in [0.4, 0.5) is 0 Å². The Morgan fingerprint density at radius 1 is 1.16 bits per heavy atom. The summed E-state index contributed by atoms with van der Waals surface area (Å²) in [5.41, 5.74) is -1.37. The van der Waals surface area contributed by atoms with Gasteiger partial charge in [-0.1, -0.05) is 13.8 Å². The lowest BCUT2D eigenvalue weighted by Crippen LogP contribution is -2.63. The van der Waals surface area contributed by atoms with Gasteiger partial charge in [0.05, 0.1) is 17.8 Å². The first-order valence-corrected chi connectivity index (χ1v) is 7.43. The molecule has 0 amide bonds. The van der Waals surface area contributed by atoms with Crippen LogP contribution in [0.15, 0.2) is 0 Å². The van der Waals surface area contributed by atoms with E-state index >= 15 is 0 Å². The van der Waals surface area contributed by atoms with Gasteiger partial charge in [-0.2, -0.15) is 0 Å². The van der Waals surface area contributed by atoms with Crippen LogP contribution in [0.3, 0.4) is 0 Å². The smallest absolute Gasteiger partial charge is 0.0679 e. The summed E-state index contributed by atoms with van der Waals surface area (Å²) in [4.78, 5) is 0. The van der Waals surface area contributed by atoms with Crippen molar-refractivity contribution >= 4 is 0 Å². The van der Waals surface area contributed by atoms with E-state index in [1.807, 2.05) is 13.8 Å². The Morgan fingerprint density at radius 2 is 1.79 bits per heavy atom. The second-order valence-corrected chi connectivity index (χ2v) is 7.25. The summed E-state index contributed by atoms with van der Waals surface area (Å²) >= 11 is 0. The second kappa shape index (κ2) is 4.99. The second-order valence-electron chi connectivity index (χ2n) is 7.25. The van der Waals surface area contributed by atoms with Gasteiger partial charge in [-0.05, 0) is 44.4 Å². The van der Waals surface area contributed by atoms with Crippen LogP contribution < -0.4 is 0 Å². The average Bonchev–Trinajstić information content (AvgIpc) is 2.33. The highest BCUT2D eigenvalue weighted by molar-refractivity contribution is 5.09. The quantitative estimate of drug-likeness (QED) is 0.602. The number of hydrogen-bond donors (Lipinski definition) is 4. The van der Waals surface area contributed by atoms with Gasteiger partial charge in [-0.15, -0.1) is 0 Å². The molecule has 0 aromatic rings. The van der Waals surface area contributed by atoms with Crippen molar-refractivity contribution in [3.63, 3.8) is 0 Å². The number of rotatable bonds is 2. The van der Waals surface area contributed by atoms with Gasteiger partial charge in [-0.25, -0.2) is 0 Å². The van der Waals surface area contributed by atoms with Crippen molar-refractivity contribution in [1.82, 2.24) is 0 Å². The van der Waals surface area contributed by atoms with Crippen LogP contribution in [-0.2, 0) is 0 Å². The van der Waals surface area contributed by atoms with Gasteiger partial charge < -0.3 is 20.4 Å². The minimum absolute atomic E-state index is 0.000139. The minimum Gasteiger partial charge on any atom is -0.396 e. The Bertz CT molecular complexity index is 330. The lowest BCUT2D eigenvalue weighted by atomic mass is 9.50. The number of hydrogen-bond acceptors (Lipinski definition) is 4. The summed E-state index contributed by atoms with van der Waals surface area (Å²) in [5, 5.41) is 41.0. The summed E-state index contributed by atoms with van der Waals surface area (Å²) in [5.74, 6) is -0.300. The molecule has 0 aliphatic heterocycles. The molecule has 112 valence electrons. The third-order valence-electron chi connectivity index (χ3n) is 5.88. The Hall–Kier alpha value is -0.160. The van der Waals surface area contributed by atoms with E-state index in [0.29, 0.717) is 12.8 Å². The van der Waals surface area contributed by atoms with Crippen LogP contribution in [-0.4, -0.2) is 44.8 Å². The molecule has 2 rings (SSSR count). The molecule has 4 N–H and O–H groups in total. The summed E-state index contributed by atoms with van der Waals surface area (Å²) in [6.07, 6.45) is 1.58. The zero-order chi connectivity index (χ0) is 14.4. The molecule has 4 nitrogen and oxygen atoms in total. The average molecular weight is 272 g/mol. The Labute approximate surface area is 115 Å². The lowest BCUT2D eigenvalue weighted by Gasteiger charge is -2.58. The fraction of sp³-hybridized carbons (Fsp3) is 1.00. The summed E-state index contributed by atoms with van der Waals surface area (Å²) in [7, 11) is 0. The van der Waals surface area contributed by atoms with Crippen LogP contribution in [0.25, 0.3) is 0 Å². The Kier molecular flexibility index (Phi) is 4.00. The maximum absolute atomic E-state index is 10.7. The first-order chi connectivity index (χ1) is 8.74. The maximum atomic E-state index is 10.7. The molecular formula is C15H28O4. The van der Waals surface area contributed by atoms with Crippen molar-refractivity contribution in [2.75, 3.05) is 6.61 Å². The van der Waals surface area contributed by atoms with Gasteiger partial charge in [0, 0.05) is 17.9 Å². The molecule has 7 atom stereocenters. The minimum atomic E-state index is -0.943. The summed E-state index contributed by atoms with van der Waals surface area (Å²) < 4.78 is 0. The SMILES string of the molecule is C[C@H](CO)[C@@H]1CC[C@]2(C)C([C@@H]1O)[C@](C)(O)CC[C@H]2O. The highest BCUT2D eigenvalue weighted by Crippen LogP contribution is 2.56. The molecule has 2 aliphatic rings. The van der Waals surface area contributed by atoms with Crippen molar-refractivity contribution < 1.29 is 20.4 Å². The van der Waals surface area contributed by atoms with Gasteiger partial charge in [0.1, 0.15) is 0 Å². The molecule has 19 heavy (non-hydrogen) atoms. The van der Waals surface area contributed by atoms with Gasteiger partial charge in [0.2, 0.25) is 0 Å². The largest absolute Gasteiger partial charge is 0.396 e. The number of aliphatic hydroxyl groups excluding tert-OH is 3. The van der Waals surface area contributed by atoms with E-state index in [0.717, 1.165) is 12.8 Å². The van der Waals surface area contributed by atoms with E-state index in [-0.39, 0.29) is 24.4 Å². The van der Waals surface area contributed by atoms with E-state index in [1.165, 1.54) is 0 Å². The molecule has 0 saturated heterocycles. The summed E-state index contributed by atoms with van der Waals surface area (Å²) in [6, 6.07) is 0. The van der Waals surface area contributed by atoms with Gasteiger partial charge in [0.25, 0.3) is 0 Å². The third kappa shape index (κ3) is 2.33. The topological polar surface area (TPSA) is 80.9 Å². The highest BCUT2D eigenvalue weighted by atomic mass is 16.3. The van der Waals surface area contributed by atoms with Crippen molar-refractivity contribution in [2.45, 2.75) is 64.3 Å². The van der Waals surface area contributed by atoms with E-state index in [1.54, 1.807) is 6.92 Å². The molecule has 2 aliphatic carbocycles. The van der Waals surface area contributed by atoms with Crippen LogP contribution in [0.2, 0.25) is 0 Å². The Morgan fingerprint density at radius 3 is 2.37 bits per heavy atom. The Balaban J connectivity index is 2.32. The molecule has 0 radical (unpaired) electrons. The molecule has 0 aromatic carbocycles. The molecule has 2 fully saturated rings. The van der Waals surface area contributed by atoms with Crippen molar-refractivity contribution in [1.29, 1.82) is 0 Å².